The summed E-state index contributed by atoms with van der Waals surface area (Å²) in [5, 5.41) is 9.34. The SMILES string of the molecule is CC(C)Oc1ccccc1CN1C2CCC1C(C(=O)O)C2. The molecule has 0 aromatic heterocycles. The third kappa shape index (κ3) is 2.77. The Morgan fingerprint density at radius 1 is 1.38 bits per heavy atom. The number of hydrogen-bond acceptors (Lipinski definition) is 3. The van der Waals surface area contributed by atoms with E-state index in [9.17, 15) is 9.90 Å². The Morgan fingerprint density at radius 3 is 2.81 bits per heavy atom. The molecule has 1 aromatic rings. The van der Waals surface area contributed by atoms with Crippen LogP contribution in [0.5, 0.6) is 5.75 Å². The van der Waals surface area contributed by atoms with Crippen LogP contribution in [-0.4, -0.2) is 34.2 Å². The first kappa shape index (κ1) is 14.4. The maximum absolute atomic E-state index is 11.4. The zero-order valence-electron chi connectivity index (χ0n) is 12.7. The van der Waals surface area contributed by atoms with Gasteiger partial charge in [-0.3, -0.25) is 9.69 Å². The highest BCUT2D eigenvalue weighted by Gasteiger charge is 2.49. The van der Waals surface area contributed by atoms with Crippen LogP contribution in [-0.2, 0) is 11.3 Å². The second-order valence-corrected chi connectivity index (χ2v) is 6.43. The monoisotopic (exact) mass is 289 g/mol. The van der Waals surface area contributed by atoms with E-state index in [1.807, 2.05) is 32.0 Å². The van der Waals surface area contributed by atoms with Gasteiger partial charge in [-0.25, -0.2) is 0 Å². The van der Waals surface area contributed by atoms with Gasteiger partial charge in [0.1, 0.15) is 5.75 Å². The maximum atomic E-state index is 11.4. The Labute approximate surface area is 125 Å². The number of rotatable bonds is 5. The number of aliphatic carboxylic acids is 1. The van der Waals surface area contributed by atoms with E-state index in [1.54, 1.807) is 0 Å². The summed E-state index contributed by atoms with van der Waals surface area (Å²) in [7, 11) is 0. The molecule has 2 bridgehead atoms. The third-order valence-electron chi connectivity index (χ3n) is 4.69. The number of ether oxygens (including phenoxy) is 1. The zero-order valence-corrected chi connectivity index (χ0v) is 12.7. The van der Waals surface area contributed by atoms with Gasteiger partial charge in [0.2, 0.25) is 0 Å². The Morgan fingerprint density at radius 2 is 2.14 bits per heavy atom. The van der Waals surface area contributed by atoms with Crippen molar-refractivity contribution in [3.63, 3.8) is 0 Å². The molecule has 2 saturated heterocycles. The van der Waals surface area contributed by atoms with Crippen LogP contribution in [0.4, 0.5) is 0 Å². The summed E-state index contributed by atoms with van der Waals surface area (Å²) >= 11 is 0. The molecule has 2 fully saturated rings. The molecule has 3 atom stereocenters. The van der Waals surface area contributed by atoms with Crippen molar-refractivity contribution in [3.8, 4) is 5.75 Å². The van der Waals surface area contributed by atoms with Crippen molar-refractivity contribution < 1.29 is 14.6 Å². The maximum Gasteiger partial charge on any atom is 0.308 e. The van der Waals surface area contributed by atoms with E-state index >= 15 is 0 Å². The van der Waals surface area contributed by atoms with Crippen LogP contribution in [0.3, 0.4) is 0 Å². The van der Waals surface area contributed by atoms with Crippen LogP contribution in [0.25, 0.3) is 0 Å². The average Bonchev–Trinajstić information content (AvgIpc) is 2.97. The van der Waals surface area contributed by atoms with Crippen molar-refractivity contribution in [3.05, 3.63) is 29.8 Å². The summed E-state index contributed by atoms with van der Waals surface area (Å²) in [6.07, 6.45) is 3.08. The minimum atomic E-state index is -0.640. The van der Waals surface area contributed by atoms with Crippen molar-refractivity contribution >= 4 is 5.97 Å². The molecule has 3 unspecified atom stereocenters. The summed E-state index contributed by atoms with van der Waals surface area (Å²) in [4.78, 5) is 13.7. The Kier molecular flexibility index (Phi) is 3.89. The van der Waals surface area contributed by atoms with Gasteiger partial charge in [-0.05, 0) is 39.2 Å². The topological polar surface area (TPSA) is 49.8 Å². The molecule has 0 radical (unpaired) electrons. The molecule has 2 aliphatic rings. The van der Waals surface area contributed by atoms with Crippen molar-refractivity contribution in [2.75, 3.05) is 0 Å². The molecule has 0 spiro atoms. The van der Waals surface area contributed by atoms with Gasteiger partial charge in [-0.1, -0.05) is 18.2 Å². The van der Waals surface area contributed by atoms with Gasteiger partial charge in [0.05, 0.1) is 12.0 Å². The van der Waals surface area contributed by atoms with E-state index in [0.29, 0.717) is 6.04 Å². The number of carbonyl (C=O) groups is 1. The second kappa shape index (κ2) is 5.68. The molecule has 0 amide bonds. The lowest BCUT2D eigenvalue weighted by molar-refractivity contribution is -0.142. The van der Waals surface area contributed by atoms with E-state index in [0.717, 1.165) is 37.1 Å². The largest absolute Gasteiger partial charge is 0.491 e. The minimum Gasteiger partial charge on any atom is -0.491 e. The summed E-state index contributed by atoms with van der Waals surface area (Å²) < 4.78 is 5.88. The van der Waals surface area contributed by atoms with Crippen molar-refractivity contribution in [1.82, 2.24) is 4.90 Å². The summed E-state index contributed by atoms with van der Waals surface area (Å²) in [6.45, 7) is 4.84. The van der Waals surface area contributed by atoms with Gasteiger partial charge in [0.25, 0.3) is 0 Å². The van der Waals surface area contributed by atoms with E-state index in [2.05, 4.69) is 11.0 Å². The first-order valence-electron chi connectivity index (χ1n) is 7.79. The zero-order chi connectivity index (χ0) is 15.0. The molecule has 114 valence electrons. The van der Waals surface area contributed by atoms with Crippen LogP contribution in [0.1, 0.15) is 38.7 Å². The van der Waals surface area contributed by atoms with E-state index < -0.39 is 5.97 Å². The quantitative estimate of drug-likeness (QED) is 0.905. The molecular weight excluding hydrogens is 266 g/mol. The minimum absolute atomic E-state index is 0.146. The van der Waals surface area contributed by atoms with Gasteiger partial charge >= 0.3 is 5.97 Å². The fourth-order valence-corrected chi connectivity index (χ4v) is 3.81. The number of para-hydroxylation sites is 1. The highest BCUT2D eigenvalue weighted by atomic mass is 16.5. The fourth-order valence-electron chi connectivity index (χ4n) is 3.81. The number of fused-ring (bicyclic) bond motifs is 2. The summed E-state index contributed by atoms with van der Waals surface area (Å²) in [5.41, 5.74) is 1.16. The van der Waals surface area contributed by atoms with Crippen molar-refractivity contribution in [2.24, 2.45) is 5.92 Å². The normalized spacial score (nSPS) is 28.2. The Bertz CT molecular complexity index is 529. The number of benzene rings is 1. The molecule has 1 N–H and O–H groups in total. The molecule has 4 nitrogen and oxygen atoms in total. The van der Waals surface area contributed by atoms with Gasteiger partial charge in [-0.2, -0.15) is 0 Å². The third-order valence-corrected chi connectivity index (χ3v) is 4.69. The second-order valence-electron chi connectivity index (χ2n) is 6.43. The standard InChI is InChI=1S/C17H23NO3/c1-11(2)21-16-6-4-3-5-12(16)10-18-13-7-8-15(18)14(9-13)17(19)20/h3-6,11,13-15H,7-10H2,1-2H3,(H,19,20). The predicted octanol–water partition coefficient (Wildman–Crippen LogP) is 2.91. The molecule has 21 heavy (non-hydrogen) atoms. The highest BCUT2D eigenvalue weighted by molar-refractivity contribution is 5.71. The molecule has 1 aromatic carbocycles. The number of carboxylic acid groups (broad SMARTS) is 1. The summed E-state index contributed by atoms with van der Waals surface area (Å²) in [6, 6.07) is 8.71. The predicted molar refractivity (Wildman–Crippen MR) is 80.3 cm³/mol. The lowest BCUT2D eigenvalue weighted by Crippen LogP contribution is -2.32. The molecule has 2 aliphatic heterocycles. The molecule has 0 aliphatic carbocycles. The van der Waals surface area contributed by atoms with Crippen LogP contribution in [0, 0.1) is 5.92 Å². The van der Waals surface area contributed by atoms with E-state index in [1.165, 1.54) is 0 Å². The fraction of sp³-hybridized carbons (Fsp3) is 0.588. The number of hydrogen-bond donors (Lipinski definition) is 1. The summed E-state index contributed by atoms with van der Waals surface area (Å²) in [5.74, 6) is 0.0894. The van der Waals surface area contributed by atoms with Crippen LogP contribution in [0.15, 0.2) is 24.3 Å². The van der Waals surface area contributed by atoms with Crippen LogP contribution in [0.2, 0.25) is 0 Å². The van der Waals surface area contributed by atoms with Gasteiger partial charge < -0.3 is 9.84 Å². The van der Waals surface area contributed by atoms with Gasteiger partial charge in [-0.15, -0.1) is 0 Å². The van der Waals surface area contributed by atoms with Crippen LogP contribution < -0.4 is 4.74 Å². The lowest BCUT2D eigenvalue weighted by Gasteiger charge is -2.24. The Hall–Kier alpha value is -1.55. The van der Waals surface area contributed by atoms with Crippen molar-refractivity contribution in [1.29, 1.82) is 0 Å². The number of carboxylic acids is 1. The molecule has 3 rings (SSSR count). The van der Waals surface area contributed by atoms with Gasteiger partial charge in [0.15, 0.2) is 0 Å². The first-order valence-corrected chi connectivity index (χ1v) is 7.79. The molecule has 4 heteroatoms. The number of nitrogens with zero attached hydrogens (tertiary/aromatic N) is 1. The smallest absolute Gasteiger partial charge is 0.308 e. The lowest BCUT2D eigenvalue weighted by atomic mass is 9.89. The van der Waals surface area contributed by atoms with Gasteiger partial charge in [0, 0.05) is 24.2 Å². The highest BCUT2D eigenvalue weighted by Crippen LogP contribution is 2.43. The van der Waals surface area contributed by atoms with E-state index in [-0.39, 0.29) is 18.1 Å². The van der Waals surface area contributed by atoms with Crippen molar-refractivity contribution in [2.45, 2.75) is 57.8 Å². The molecule has 2 heterocycles. The Balaban J connectivity index is 1.77. The van der Waals surface area contributed by atoms with Crippen LogP contribution >= 0.6 is 0 Å². The van der Waals surface area contributed by atoms with E-state index in [4.69, 9.17) is 4.74 Å². The first-order chi connectivity index (χ1) is 10.1. The molecule has 0 saturated carbocycles. The average molecular weight is 289 g/mol. The molecular formula is C17H23NO3.